The van der Waals surface area contributed by atoms with Crippen molar-refractivity contribution in [2.24, 2.45) is 0 Å². The molecule has 1 amide bonds. The SMILES string of the molecule is C/C=C/CC/C=C/CC/C=C/C(O)C(CO)NC(=O)CCCCCCC/C=C\C/C=C\CCCCCC. The Morgan fingerprint density at radius 1 is 0.703 bits per heavy atom. The zero-order chi connectivity index (χ0) is 27.2. The minimum Gasteiger partial charge on any atom is -0.394 e. The maximum atomic E-state index is 12.2. The molecule has 0 spiro atoms. The molecule has 0 aromatic heterocycles. The van der Waals surface area contributed by atoms with Crippen molar-refractivity contribution >= 4 is 5.91 Å². The third-order valence-electron chi connectivity index (χ3n) is 6.30. The highest BCUT2D eigenvalue weighted by atomic mass is 16.3. The van der Waals surface area contributed by atoms with Gasteiger partial charge in [0.05, 0.1) is 18.8 Å². The van der Waals surface area contributed by atoms with Crippen molar-refractivity contribution in [3.8, 4) is 0 Å². The number of aliphatic hydroxyl groups is 2. The summed E-state index contributed by atoms with van der Waals surface area (Å²) in [7, 11) is 0. The molecule has 0 heterocycles. The van der Waals surface area contributed by atoms with Crippen LogP contribution in [0.4, 0.5) is 0 Å². The molecule has 0 aliphatic heterocycles. The smallest absolute Gasteiger partial charge is 0.220 e. The molecule has 0 aliphatic rings. The van der Waals surface area contributed by atoms with E-state index >= 15 is 0 Å². The van der Waals surface area contributed by atoms with E-state index in [1.165, 1.54) is 44.9 Å². The third kappa shape index (κ3) is 25.5. The van der Waals surface area contributed by atoms with Gasteiger partial charge in [-0.15, -0.1) is 0 Å². The van der Waals surface area contributed by atoms with Crippen molar-refractivity contribution in [3.05, 3.63) is 60.8 Å². The molecular formula is C33H57NO3. The fraction of sp³-hybridized carbons (Fsp3) is 0.667. The van der Waals surface area contributed by atoms with Gasteiger partial charge in [0.25, 0.3) is 0 Å². The molecule has 0 aliphatic carbocycles. The Kier molecular flexibility index (Phi) is 27.2. The van der Waals surface area contributed by atoms with Crippen LogP contribution in [0.1, 0.15) is 123 Å². The summed E-state index contributed by atoms with van der Waals surface area (Å²) in [4.78, 5) is 12.2. The largest absolute Gasteiger partial charge is 0.394 e. The summed E-state index contributed by atoms with van der Waals surface area (Å²) in [5, 5.41) is 22.6. The zero-order valence-electron chi connectivity index (χ0n) is 24.0. The number of rotatable bonds is 25. The van der Waals surface area contributed by atoms with E-state index in [-0.39, 0.29) is 12.5 Å². The van der Waals surface area contributed by atoms with Crippen LogP contribution in [-0.2, 0) is 4.79 Å². The summed E-state index contributed by atoms with van der Waals surface area (Å²) >= 11 is 0. The van der Waals surface area contributed by atoms with Gasteiger partial charge >= 0.3 is 0 Å². The van der Waals surface area contributed by atoms with Crippen molar-refractivity contribution in [2.75, 3.05) is 6.61 Å². The molecule has 2 atom stereocenters. The molecule has 0 aromatic rings. The zero-order valence-corrected chi connectivity index (χ0v) is 24.0. The summed E-state index contributed by atoms with van der Waals surface area (Å²) in [6, 6.07) is -0.650. The Bertz CT molecular complexity index is 648. The van der Waals surface area contributed by atoms with Crippen LogP contribution in [0, 0.1) is 0 Å². The van der Waals surface area contributed by atoms with E-state index in [1.54, 1.807) is 6.08 Å². The van der Waals surface area contributed by atoms with E-state index < -0.39 is 12.1 Å². The Hall–Kier alpha value is -1.91. The van der Waals surface area contributed by atoms with Gasteiger partial charge < -0.3 is 15.5 Å². The average molecular weight is 516 g/mol. The van der Waals surface area contributed by atoms with E-state index in [9.17, 15) is 15.0 Å². The highest BCUT2D eigenvalue weighted by Gasteiger charge is 2.17. The fourth-order valence-electron chi connectivity index (χ4n) is 3.95. The van der Waals surface area contributed by atoms with E-state index in [4.69, 9.17) is 0 Å². The highest BCUT2D eigenvalue weighted by molar-refractivity contribution is 5.76. The molecule has 0 rings (SSSR count). The minimum atomic E-state index is -0.873. The molecule has 37 heavy (non-hydrogen) atoms. The summed E-state index contributed by atoms with van der Waals surface area (Å²) in [5.41, 5.74) is 0. The monoisotopic (exact) mass is 515 g/mol. The highest BCUT2D eigenvalue weighted by Crippen LogP contribution is 2.09. The van der Waals surface area contributed by atoms with Crippen LogP contribution >= 0.6 is 0 Å². The van der Waals surface area contributed by atoms with Crippen LogP contribution in [0.15, 0.2) is 60.8 Å². The predicted octanol–water partition coefficient (Wildman–Crippen LogP) is 8.28. The van der Waals surface area contributed by atoms with Crippen molar-refractivity contribution < 1.29 is 15.0 Å². The standard InChI is InChI=1S/C33H57NO3/c1-3-5-7-9-11-13-14-15-16-17-18-19-21-23-25-27-29-33(37)34-31(30-35)32(36)28-26-24-22-20-12-10-8-6-4-2/h4,6,12-14,16-17,20,26,28,31-32,35-36H,3,5,7-11,15,18-19,21-25,27,29-30H2,1-2H3,(H,34,37)/b6-4+,14-13-,17-16-,20-12+,28-26+. The first-order valence-electron chi connectivity index (χ1n) is 15.0. The molecule has 0 fully saturated rings. The van der Waals surface area contributed by atoms with E-state index in [0.717, 1.165) is 57.8 Å². The van der Waals surface area contributed by atoms with Crippen molar-refractivity contribution in [3.63, 3.8) is 0 Å². The van der Waals surface area contributed by atoms with E-state index in [2.05, 4.69) is 60.8 Å². The molecule has 212 valence electrons. The van der Waals surface area contributed by atoms with Crippen LogP contribution < -0.4 is 5.32 Å². The first-order valence-corrected chi connectivity index (χ1v) is 15.0. The minimum absolute atomic E-state index is 0.100. The lowest BCUT2D eigenvalue weighted by atomic mass is 10.1. The number of nitrogens with one attached hydrogen (secondary N) is 1. The van der Waals surface area contributed by atoms with Gasteiger partial charge in [0, 0.05) is 6.42 Å². The molecule has 2 unspecified atom stereocenters. The molecule has 0 saturated carbocycles. The average Bonchev–Trinajstić information content (AvgIpc) is 2.90. The van der Waals surface area contributed by atoms with E-state index in [1.807, 2.05) is 13.0 Å². The molecule has 0 aromatic carbocycles. The molecule has 0 radical (unpaired) electrons. The molecule has 4 heteroatoms. The number of carbonyl (C=O) groups is 1. The number of unbranched alkanes of at least 4 members (excludes halogenated alkanes) is 11. The molecule has 0 bridgehead atoms. The van der Waals surface area contributed by atoms with Gasteiger partial charge in [-0.2, -0.15) is 0 Å². The van der Waals surface area contributed by atoms with Gasteiger partial charge in [0.2, 0.25) is 5.91 Å². The van der Waals surface area contributed by atoms with Gasteiger partial charge in [-0.25, -0.2) is 0 Å². The van der Waals surface area contributed by atoms with Gasteiger partial charge in [0.15, 0.2) is 0 Å². The number of aliphatic hydroxyl groups excluding tert-OH is 2. The third-order valence-corrected chi connectivity index (χ3v) is 6.30. The topological polar surface area (TPSA) is 69.6 Å². The number of amides is 1. The summed E-state index contributed by atoms with van der Waals surface area (Å²) < 4.78 is 0. The summed E-state index contributed by atoms with van der Waals surface area (Å²) in [6.07, 6.45) is 38.8. The van der Waals surface area contributed by atoms with Gasteiger partial charge in [-0.3, -0.25) is 4.79 Å². The maximum absolute atomic E-state index is 12.2. The lowest BCUT2D eigenvalue weighted by Gasteiger charge is -2.19. The summed E-state index contributed by atoms with van der Waals surface area (Å²) in [6.45, 7) is 4.00. The fourth-order valence-corrected chi connectivity index (χ4v) is 3.95. The van der Waals surface area contributed by atoms with Gasteiger partial charge in [0.1, 0.15) is 0 Å². The quantitative estimate of drug-likeness (QED) is 0.0846. The molecular weight excluding hydrogens is 458 g/mol. The Morgan fingerprint density at radius 3 is 1.86 bits per heavy atom. The maximum Gasteiger partial charge on any atom is 0.220 e. The molecule has 4 nitrogen and oxygen atoms in total. The van der Waals surface area contributed by atoms with Gasteiger partial charge in [-0.1, -0.05) is 106 Å². The lowest BCUT2D eigenvalue weighted by Crippen LogP contribution is -2.45. The predicted molar refractivity (Wildman–Crippen MR) is 161 cm³/mol. The van der Waals surface area contributed by atoms with Crippen molar-refractivity contribution in [1.82, 2.24) is 5.32 Å². The number of allylic oxidation sites excluding steroid dienone is 9. The normalized spacial score (nSPS) is 14.2. The van der Waals surface area contributed by atoms with Gasteiger partial charge in [-0.05, 0) is 71.1 Å². The first-order chi connectivity index (χ1) is 18.2. The summed E-state index contributed by atoms with van der Waals surface area (Å²) in [5.74, 6) is -0.100. The van der Waals surface area contributed by atoms with Crippen LogP contribution in [0.5, 0.6) is 0 Å². The van der Waals surface area contributed by atoms with E-state index in [0.29, 0.717) is 6.42 Å². The van der Waals surface area contributed by atoms with Crippen LogP contribution in [-0.4, -0.2) is 34.9 Å². The van der Waals surface area contributed by atoms with Crippen LogP contribution in [0.25, 0.3) is 0 Å². The molecule has 0 saturated heterocycles. The Labute approximate surface area is 228 Å². The first kappa shape index (κ1) is 35.1. The second-order valence-electron chi connectivity index (χ2n) is 9.80. The van der Waals surface area contributed by atoms with Crippen LogP contribution in [0.2, 0.25) is 0 Å². The lowest BCUT2D eigenvalue weighted by molar-refractivity contribution is -0.123. The number of hydrogen-bond donors (Lipinski definition) is 3. The van der Waals surface area contributed by atoms with Crippen molar-refractivity contribution in [2.45, 2.75) is 135 Å². The second-order valence-corrected chi connectivity index (χ2v) is 9.80. The Morgan fingerprint density at radius 2 is 1.24 bits per heavy atom. The Balaban J connectivity index is 3.76. The number of carbonyl (C=O) groups excluding carboxylic acids is 1. The number of hydrogen-bond acceptors (Lipinski definition) is 3. The molecule has 3 N–H and O–H groups in total. The van der Waals surface area contributed by atoms with Crippen molar-refractivity contribution in [1.29, 1.82) is 0 Å². The van der Waals surface area contributed by atoms with Crippen LogP contribution in [0.3, 0.4) is 0 Å². The second kappa shape index (κ2) is 28.7.